The first kappa shape index (κ1) is 31.9. The maximum Gasteiger partial charge on any atom is 0.490 e. The summed E-state index contributed by atoms with van der Waals surface area (Å²) in [6.45, 7) is 0. The molecule has 0 spiro atoms. The Morgan fingerprint density at radius 1 is 0.955 bits per heavy atom. The largest absolute Gasteiger partial charge is 0.490 e. The lowest BCUT2D eigenvalue weighted by atomic mass is 9.91. The zero-order valence-corrected chi connectivity index (χ0v) is 23.8. The number of hydrogen-bond acceptors (Lipinski definition) is 8. The minimum absolute atomic E-state index is 0.0867. The number of carboxylic acids is 1. The second-order valence-corrected chi connectivity index (χ2v) is 10.2. The Hall–Kier alpha value is -5.01. The van der Waals surface area contributed by atoms with Gasteiger partial charge in [0, 0.05) is 49.9 Å². The van der Waals surface area contributed by atoms with Crippen LogP contribution in [0.25, 0.3) is 10.9 Å². The highest BCUT2D eigenvalue weighted by atomic mass is 19.4. The van der Waals surface area contributed by atoms with Crippen LogP contribution in [-0.4, -0.2) is 64.3 Å². The van der Waals surface area contributed by atoms with Crippen LogP contribution in [0.1, 0.15) is 36.0 Å². The molecule has 44 heavy (non-hydrogen) atoms. The van der Waals surface area contributed by atoms with Crippen LogP contribution in [0.15, 0.2) is 66.9 Å². The number of nitrogens with zero attached hydrogens (tertiary/aromatic N) is 4. The number of anilines is 2. The minimum atomic E-state index is -5.08. The predicted octanol–water partition coefficient (Wildman–Crippen LogP) is 5.81. The fourth-order valence-corrected chi connectivity index (χ4v) is 4.52. The fourth-order valence-electron chi connectivity index (χ4n) is 4.52. The number of fused-ring (bicyclic) bond motifs is 1. The number of amides is 1. The van der Waals surface area contributed by atoms with Gasteiger partial charge in [-0.25, -0.2) is 19.2 Å². The number of nitrogens with one attached hydrogen (secondary N) is 2. The molecular formula is C30H30F4N6O4. The predicted molar refractivity (Wildman–Crippen MR) is 155 cm³/mol. The summed E-state index contributed by atoms with van der Waals surface area (Å²) in [4.78, 5) is 37.3. The van der Waals surface area contributed by atoms with Gasteiger partial charge in [-0.15, -0.1) is 0 Å². The molecule has 10 nitrogen and oxygen atoms in total. The second-order valence-electron chi connectivity index (χ2n) is 10.2. The summed E-state index contributed by atoms with van der Waals surface area (Å²) in [5.41, 5.74) is 1.36. The molecule has 1 amide bonds. The molecule has 1 saturated carbocycles. The van der Waals surface area contributed by atoms with Crippen molar-refractivity contribution in [3.05, 3.63) is 78.2 Å². The van der Waals surface area contributed by atoms with E-state index in [1.807, 2.05) is 43.3 Å². The summed E-state index contributed by atoms with van der Waals surface area (Å²) >= 11 is 0. The highest BCUT2D eigenvalue weighted by Crippen LogP contribution is 2.27. The van der Waals surface area contributed by atoms with Crippen LogP contribution in [0, 0.1) is 5.82 Å². The Bertz CT molecular complexity index is 1590. The summed E-state index contributed by atoms with van der Waals surface area (Å²) < 4.78 is 50.6. The molecule has 1 aliphatic rings. The molecule has 232 valence electrons. The summed E-state index contributed by atoms with van der Waals surface area (Å²) in [7, 11) is 3.96. The van der Waals surface area contributed by atoms with Gasteiger partial charge in [0.15, 0.2) is 0 Å². The molecule has 4 aromatic rings. The number of carbonyl (C=O) groups excluding carboxylic acids is 1. The molecule has 0 aliphatic heterocycles. The lowest BCUT2D eigenvalue weighted by Gasteiger charge is -2.30. The molecule has 2 heterocycles. The summed E-state index contributed by atoms with van der Waals surface area (Å²) in [6.07, 6.45) is -0.109. The summed E-state index contributed by atoms with van der Waals surface area (Å²) in [6, 6.07) is 17.4. The summed E-state index contributed by atoms with van der Waals surface area (Å²) in [5, 5.41) is 14.7. The van der Waals surface area contributed by atoms with Crippen molar-refractivity contribution in [3.8, 4) is 11.6 Å². The maximum absolute atomic E-state index is 13.3. The molecule has 2 aromatic carbocycles. The smallest absolute Gasteiger partial charge is 0.475 e. The highest BCUT2D eigenvalue weighted by Gasteiger charge is 2.38. The number of hydrogen-bond donors (Lipinski definition) is 3. The molecule has 2 aromatic heterocycles. The maximum atomic E-state index is 13.3. The van der Waals surface area contributed by atoms with Crippen LogP contribution in [0.4, 0.5) is 29.3 Å². The highest BCUT2D eigenvalue weighted by molar-refractivity contribution is 5.94. The fraction of sp³-hybridized carbons (Fsp3) is 0.300. The number of carboxylic acid groups (broad SMARTS) is 1. The third kappa shape index (κ3) is 8.75. The van der Waals surface area contributed by atoms with Crippen LogP contribution in [0.5, 0.6) is 11.6 Å². The van der Waals surface area contributed by atoms with Crippen molar-refractivity contribution in [1.29, 1.82) is 0 Å². The Kier molecular flexibility index (Phi) is 10.1. The Labute approximate surface area is 250 Å². The molecule has 0 bridgehead atoms. The van der Waals surface area contributed by atoms with Gasteiger partial charge in [-0.2, -0.15) is 18.2 Å². The van der Waals surface area contributed by atoms with Crippen LogP contribution in [-0.2, 0) is 4.79 Å². The van der Waals surface area contributed by atoms with E-state index >= 15 is 0 Å². The number of pyridine rings is 1. The number of aromatic nitrogens is 3. The van der Waals surface area contributed by atoms with Crippen LogP contribution in [0.2, 0.25) is 0 Å². The molecule has 14 heteroatoms. The van der Waals surface area contributed by atoms with Gasteiger partial charge in [-0.05, 0) is 56.0 Å². The molecule has 3 N–H and O–H groups in total. The zero-order chi connectivity index (χ0) is 31.9. The Balaban J connectivity index is 0.000000566. The summed E-state index contributed by atoms with van der Waals surface area (Å²) in [5.74, 6) is -1.16. The van der Waals surface area contributed by atoms with Crippen molar-refractivity contribution in [3.63, 3.8) is 0 Å². The Morgan fingerprint density at radius 2 is 1.64 bits per heavy atom. The van der Waals surface area contributed by atoms with Crippen molar-refractivity contribution in [2.24, 2.45) is 0 Å². The lowest BCUT2D eigenvalue weighted by molar-refractivity contribution is -0.192. The van der Waals surface area contributed by atoms with Gasteiger partial charge >= 0.3 is 12.1 Å². The first-order valence-corrected chi connectivity index (χ1v) is 13.6. The average molecular weight is 615 g/mol. The number of halogens is 4. The third-order valence-electron chi connectivity index (χ3n) is 6.66. The molecule has 0 saturated heterocycles. The molecule has 1 aliphatic carbocycles. The molecule has 0 radical (unpaired) electrons. The van der Waals surface area contributed by atoms with Gasteiger partial charge in [0.1, 0.15) is 17.4 Å². The number of alkyl halides is 3. The van der Waals surface area contributed by atoms with Crippen molar-refractivity contribution in [1.82, 2.24) is 20.3 Å². The normalized spacial score (nSPS) is 16.3. The van der Waals surface area contributed by atoms with E-state index in [9.17, 15) is 22.4 Å². The van der Waals surface area contributed by atoms with Gasteiger partial charge in [0.05, 0.1) is 11.1 Å². The topological polar surface area (TPSA) is 130 Å². The number of ether oxygens (including phenoxy) is 1. The van der Waals surface area contributed by atoms with Gasteiger partial charge in [0.2, 0.25) is 11.8 Å². The van der Waals surface area contributed by atoms with E-state index < -0.39 is 12.1 Å². The number of benzene rings is 2. The minimum Gasteiger partial charge on any atom is -0.475 e. The van der Waals surface area contributed by atoms with Gasteiger partial charge in [-0.1, -0.05) is 18.2 Å². The van der Waals surface area contributed by atoms with Crippen molar-refractivity contribution in [2.45, 2.75) is 43.9 Å². The lowest BCUT2D eigenvalue weighted by Crippen LogP contribution is -2.40. The average Bonchev–Trinajstić information content (AvgIpc) is 2.98. The first-order chi connectivity index (χ1) is 20.9. The van der Waals surface area contributed by atoms with Gasteiger partial charge in [0.25, 0.3) is 5.91 Å². The zero-order valence-electron chi connectivity index (χ0n) is 23.8. The second kappa shape index (κ2) is 14.0. The number of aliphatic carboxylic acids is 1. The Morgan fingerprint density at radius 3 is 2.25 bits per heavy atom. The van der Waals surface area contributed by atoms with E-state index in [-0.39, 0.29) is 23.8 Å². The SMILES string of the molecule is CN(C)c1nc(NC2CCC(NC(=O)c3ccc(Oc4cccc(F)c4)nc3)CC2)nc2ccccc12.O=C(O)C(F)(F)F. The molecule has 5 rings (SSSR count). The van der Waals surface area contributed by atoms with Crippen LogP contribution >= 0.6 is 0 Å². The first-order valence-electron chi connectivity index (χ1n) is 13.6. The van der Waals surface area contributed by atoms with Crippen molar-refractivity contribution < 1.29 is 37.0 Å². The molecule has 0 unspecified atom stereocenters. The van der Waals surface area contributed by atoms with Crippen LogP contribution in [0.3, 0.4) is 0 Å². The number of rotatable bonds is 7. The number of para-hydroxylation sites is 1. The van der Waals surface area contributed by atoms with E-state index in [0.29, 0.717) is 23.1 Å². The van der Waals surface area contributed by atoms with E-state index in [1.54, 1.807) is 24.3 Å². The van der Waals surface area contributed by atoms with Gasteiger partial charge in [-0.3, -0.25) is 4.79 Å². The molecule has 0 atom stereocenters. The standard InChI is InChI=1S/C28H29FN6O2.C2HF3O2/c1-35(2)26-23-8-3-4-9-24(23)33-28(34-26)32-21-13-11-20(12-14-21)31-27(36)18-10-15-25(30-17-18)37-22-7-5-6-19(29)16-22;3-2(4,5)1(6)7/h3-10,15-17,20-21H,11-14H2,1-2H3,(H,31,36)(H,32,33,34);(H,6,7). The van der Waals surface area contributed by atoms with Gasteiger partial charge < -0.3 is 25.4 Å². The monoisotopic (exact) mass is 614 g/mol. The quantitative estimate of drug-likeness (QED) is 0.221. The van der Waals surface area contributed by atoms with E-state index in [4.69, 9.17) is 24.6 Å². The van der Waals surface area contributed by atoms with Crippen molar-refractivity contribution >= 4 is 34.5 Å². The van der Waals surface area contributed by atoms with E-state index in [1.165, 1.54) is 18.3 Å². The van der Waals surface area contributed by atoms with E-state index in [2.05, 4.69) is 15.6 Å². The van der Waals surface area contributed by atoms with Crippen LogP contribution < -0.4 is 20.3 Å². The molecule has 1 fully saturated rings. The third-order valence-corrected chi connectivity index (χ3v) is 6.66. The number of carbonyl (C=O) groups is 2. The molecular weight excluding hydrogens is 584 g/mol. The van der Waals surface area contributed by atoms with Crippen molar-refractivity contribution in [2.75, 3.05) is 24.3 Å². The van der Waals surface area contributed by atoms with E-state index in [0.717, 1.165) is 42.4 Å².